The van der Waals surface area contributed by atoms with Crippen LogP contribution in [-0.4, -0.2) is 0 Å². The molecule has 48 heavy (non-hydrogen) atoms. The molecule has 0 saturated carbocycles. The Balaban J connectivity index is 1.15. The third kappa shape index (κ3) is 4.09. The first-order valence-corrected chi connectivity index (χ1v) is 17.1. The maximum atomic E-state index is 2.35. The first-order valence-electron chi connectivity index (χ1n) is 17.1. The quantitative estimate of drug-likeness (QED) is 0.185. The van der Waals surface area contributed by atoms with Gasteiger partial charge in [-0.3, -0.25) is 0 Å². The van der Waals surface area contributed by atoms with Crippen LogP contribution in [0.15, 0.2) is 158 Å². The Labute approximate surface area is 284 Å². The van der Waals surface area contributed by atoms with Crippen molar-refractivity contribution in [3.63, 3.8) is 0 Å². The smallest absolute Gasteiger partial charge is 0.0159 e. The van der Waals surface area contributed by atoms with Gasteiger partial charge in [-0.25, -0.2) is 0 Å². The average molecular weight is 615 g/mol. The number of hydrogen-bond donors (Lipinski definition) is 0. The van der Waals surface area contributed by atoms with Gasteiger partial charge >= 0.3 is 0 Å². The predicted molar refractivity (Wildman–Crippen MR) is 203 cm³/mol. The fourth-order valence-corrected chi connectivity index (χ4v) is 8.73. The largest absolute Gasteiger partial charge is 0.0619 e. The zero-order valence-electron chi connectivity index (χ0n) is 28.0. The van der Waals surface area contributed by atoms with E-state index in [-0.39, 0.29) is 10.8 Å². The highest BCUT2D eigenvalue weighted by Crippen LogP contribution is 2.54. The third-order valence-corrected chi connectivity index (χ3v) is 11.2. The molecular weight excluding hydrogens is 577 g/mol. The molecule has 0 heteroatoms. The minimum atomic E-state index is -0.0252. The van der Waals surface area contributed by atoms with Crippen molar-refractivity contribution in [2.75, 3.05) is 0 Å². The number of fused-ring (bicyclic) bond motifs is 6. The van der Waals surface area contributed by atoms with Crippen LogP contribution in [0.3, 0.4) is 0 Å². The van der Waals surface area contributed by atoms with E-state index >= 15 is 0 Å². The molecule has 0 bridgehead atoms. The molecule has 230 valence electrons. The Kier molecular flexibility index (Phi) is 6.30. The average Bonchev–Trinajstić information content (AvgIpc) is 3.52. The van der Waals surface area contributed by atoms with Crippen LogP contribution in [-0.2, 0) is 10.8 Å². The highest BCUT2D eigenvalue weighted by Gasteiger charge is 2.38. The summed E-state index contributed by atoms with van der Waals surface area (Å²) in [5, 5.41) is 0. The van der Waals surface area contributed by atoms with Gasteiger partial charge in [-0.1, -0.05) is 185 Å². The van der Waals surface area contributed by atoms with E-state index in [1.165, 1.54) is 89.0 Å². The second kappa shape index (κ2) is 10.5. The topological polar surface area (TPSA) is 0 Å². The number of hydrogen-bond acceptors (Lipinski definition) is 0. The van der Waals surface area contributed by atoms with Crippen molar-refractivity contribution in [2.45, 2.75) is 38.5 Å². The second-order valence-corrected chi connectivity index (χ2v) is 14.5. The predicted octanol–water partition coefficient (Wildman–Crippen LogP) is 13.0. The van der Waals surface area contributed by atoms with E-state index in [0.717, 1.165) is 0 Å². The maximum Gasteiger partial charge on any atom is 0.0159 e. The maximum absolute atomic E-state index is 2.35. The second-order valence-electron chi connectivity index (χ2n) is 14.5. The molecule has 0 amide bonds. The lowest BCUT2D eigenvalue weighted by Crippen LogP contribution is -2.14. The fourth-order valence-electron chi connectivity index (χ4n) is 8.73. The Morgan fingerprint density at radius 2 is 0.542 bits per heavy atom. The standard InChI is InChI=1S/C48H38/c1-47(2)41-23-11-9-19-39(41)45-37(21-13-25-43(45)47)35-17-7-5-15-33(35)31-27-29-32(30-28-31)34-16-6-8-18-36(34)38-22-14-26-44-46(38)40-20-10-12-24-42(40)48(44,3)4/h5-30H,1-4H3. The summed E-state index contributed by atoms with van der Waals surface area (Å²) in [6.07, 6.45) is 0. The van der Waals surface area contributed by atoms with Crippen molar-refractivity contribution in [1.29, 1.82) is 0 Å². The number of benzene rings is 7. The van der Waals surface area contributed by atoms with E-state index in [2.05, 4.69) is 185 Å². The van der Waals surface area contributed by atoms with Gasteiger partial charge in [0.15, 0.2) is 0 Å². The Morgan fingerprint density at radius 1 is 0.250 bits per heavy atom. The zero-order valence-corrected chi connectivity index (χ0v) is 28.0. The lowest BCUT2D eigenvalue weighted by molar-refractivity contribution is 0.660. The zero-order chi connectivity index (χ0) is 32.6. The fraction of sp³-hybridized carbons (Fsp3) is 0.125. The van der Waals surface area contributed by atoms with E-state index in [1.807, 2.05) is 0 Å². The van der Waals surface area contributed by atoms with Gasteiger partial charge in [-0.15, -0.1) is 0 Å². The Morgan fingerprint density at radius 3 is 0.938 bits per heavy atom. The van der Waals surface area contributed by atoms with E-state index < -0.39 is 0 Å². The minimum Gasteiger partial charge on any atom is -0.0619 e. The van der Waals surface area contributed by atoms with Crippen LogP contribution >= 0.6 is 0 Å². The van der Waals surface area contributed by atoms with E-state index in [9.17, 15) is 0 Å². The lowest BCUT2D eigenvalue weighted by atomic mass is 9.81. The molecule has 2 aliphatic carbocycles. The molecule has 0 aliphatic heterocycles. The van der Waals surface area contributed by atoms with Gasteiger partial charge in [0.1, 0.15) is 0 Å². The van der Waals surface area contributed by atoms with Gasteiger partial charge in [-0.2, -0.15) is 0 Å². The minimum absolute atomic E-state index is 0.0252. The van der Waals surface area contributed by atoms with Crippen molar-refractivity contribution < 1.29 is 0 Å². The molecule has 0 nitrogen and oxygen atoms in total. The molecule has 7 aromatic rings. The molecule has 0 atom stereocenters. The van der Waals surface area contributed by atoms with Crippen molar-refractivity contribution >= 4 is 0 Å². The SMILES string of the molecule is CC1(C)c2ccccc2-c2c(-c3ccccc3-c3ccc(-c4ccccc4-c4cccc5c4-c4ccccc4C5(C)C)cc3)cccc21. The molecule has 0 fully saturated rings. The van der Waals surface area contributed by atoms with Crippen LogP contribution < -0.4 is 0 Å². The summed E-state index contributed by atoms with van der Waals surface area (Å²) < 4.78 is 0. The molecule has 0 spiro atoms. The van der Waals surface area contributed by atoms with Crippen LogP contribution in [0.4, 0.5) is 0 Å². The molecule has 2 aliphatic rings. The summed E-state index contributed by atoms with van der Waals surface area (Å²) in [6, 6.07) is 58.6. The molecule has 0 radical (unpaired) electrons. The highest BCUT2D eigenvalue weighted by molar-refractivity contribution is 5.99. The van der Waals surface area contributed by atoms with E-state index in [1.54, 1.807) is 0 Å². The summed E-state index contributed by atoms with van der Waals surface area (Å²) in [4.78, 5) is 0. The normalized spacial score (nSPS) is 14.6. The van der Waals surface area contributed by atoms with Crippen molar-refractivity contribution in [3.8, 4) is 66.8 Å². The van der Waals surface area contributed by atoms with Crippen LogP contribution in [0, 0.1) is 0 Å². The Hall–Kier alpha value is -5.46. The number of rotatable bonds is 4. The van der Waals surface area contributed by atoms with Crippen LogP contribution in [0.25, 0.3) is 66.8 Å². The molecule has 0 heterocycles. The molecule has 9 rings (SSSR count). The van der Waals surface area contributed by atoms with Crippen LogP contribution in [0.5, 0.6) is 0 Å². The molecule has 0 N–H and O–H groups in total. The Bertz CT molecular complexity index is 2210. The van der Waals surface area contributed by atoms with E-state index in [0.29, 0.717) is 0 Å². The third-order valence-electron chi connectivity index (χ3n) is 11.2. The van der Waals surface area contributed by atoms with Gasteiger partial charge < -0.3 is 0 Å². The summed E-state index contributed by atoms with van der Waals surface area (Å²) in [5.41, 5.74) is 21.1. The van der Waals surface area contributed by atoms with Crippen molar-refractivity contribution in [3.05, 3.63) is 180 Å². The highest BCUT2D eigenvalue weighted by atomic mass is 14.4. The van der Waals surface area contributed by atoms with Crippen molar-refractivity contribution in [1.82, 2.24) is 0 Å². The van der Waals surface area contributed by atoms with Crippen LogP contribution in [0.1, 0.15) is 49.9 Å². The van der Waals surface area contributed by atoms with Gasteiger partial charge in [0, 0.05) is 10.8 Å². The molecule has 0 unspecified atom stereocenters. The van der Waals surface area contributed by atoms with E-state index in [4.69, 9.17) is 0 Å². The van der Waals surface area contributed by atoms with Gasteiger partial charge in [-0.05, 0) is 89.0 Å². The van der Waals surface area contributed by atoms with Crippen molar-refractivity contribution in [2.24, 2.45) is 0 Å². The summed E-state index contributed by atoms with van der Waals surface area (Å²) in [5.74, 6) is 0. The molecule has 7 aromatic carbocycles. The van der Waals surface area contributed by atoms with Gasteiger partial charge in [0.25, 0.3) is 0 Å². The monoisotopic (exact) mass is 614 g/mol. The molecule has 0 aromatic heterocycles. The summed E-state index contributed by atoms with van der Waals surface area (Å²) in [6.45, 7) is 9.42. The van der Waals surface area contributed by atoms with Gasteiger partial charge in [0.05, 0.1) is 0 Å². The lowest BCUT2D eigenvalue weighted by Gasteiger charge is -2.22. The summed E-state index contributed by atoms with van der Waals surface area (Å²) >= 11 is 0. The first-order chi connectivity index (χ1) is 23.4. The van der Waals surface area contributed by atoms with Gasteiger partial charge in [0.2, 0.25) is 0 Å². The van der Waals surface area contributed by atoms with Crippen LogP contribution in [0.2, 0.25) is 0 Å². The summed E-state index contributed by atoms with van der Waals surface area (Å²) in [7, 11) is 0. The molecule has 0 saturated heterocycles. The molecular formula is C48H38. The first kappa shape index (κ1) is 28.7.